The zero-order valence-electron chi connectivity index (χ0n) is 15.0. The Morgan fingerprint density at radius 3 is 2.63 bits per heavy atom. The third kappa shape index (κ3) is 5.34. The summed E-state index contributed by atoms with van der Waals surface area (Å²) in [6.07, 6.45) is 1.13. The Labute approximate surface area is 119 Å². The molecular weight excluding hydrogens is 240 g/mol. The van der Waals surface area contributed by atoms with Crippen molar-refractivity contribution in [2.24, 2.45) is 0 Å². The highest BCUT2D eigenvalue weighted by Gasteiger charge is 2.15. The fraction of sp³-hybridized carbons (Fsp3) is 0.643. The van der Waals surface area contributed by atoms with E-state index < -0.39 is 13.0 Å². The van der Waals surface area contributed by atoms with Crippen molar-refractivity contribution >= 4 is 11.7 Å². The van der Waals surface area contributed by atoms with Crippen molar-refractivity contribution in [2.45, 2.75) is 39.7 Å². The summed E-state index contributed by atoms with van der Waals surface area (Å²) in [6, 6.07) is 1.29. The maximum Gasteiger partial charge on any atom is 0.223 e. The lowest BCUT2D eigenvalue weighted by Crippen LogP contribution is -2.34. The molecule has 0 aliphatic heterocycles. The molecule has 1 N–H and O–H groups in total. The van der Waals surface area contributed by atoms with Gasteiger partial charge in [-0.1, -0.05) is 0 Å². The molecule has 5 heteroatoms. The largest absolute Gasteiger partial charge is 0.354 e. The van der Waals surface area contributed by atoms with E-state index in [9.17, 15) is 4.79 Å². The van der Waals surface area contributed by atoms with Crippen molar-refractivity contribution in [1.82, 2.24) is 14.9 Å². The van der Waals surface area contributed by atoms with Crippen molar-refractivity contribution in [2.75, 3.05) is 25.9 Å². The number of carbonyl (C=O) groups is 1. The zero-order valence-corrected chi connectivity index (χ0v) is 12.0. The van der Waals surface area contributed by atoms with E-state index in [2.05, 4.69) is 15.3 Å². The smallest absolute Gasteiger partial charge is 0.223 e. The molecule has 106 valence electrons. The molecule has 1 rings (SSSR count). The molecule has 0 aliphatic rings. The van der Waals surface area contributed by atoms with Crippen LogP contribution in [0.1, 0.15) is 35.3 Å². The summed E-state index contributed by atoms with van der Waals surface area (Å²) in [6.45, 7) is 3.54. The van der Waals surface area contributed by atoms with Gasteiger partial charge in [0.25, 0.3) is 0 Å². The number of aromatic nitrogens is 2. The SMILES string of the molecule is [2H]C([2H])([2H])N(C)C(CCCNc1nc(C)cc(C)n1)C(C)=O. The first kappa shape index (κ1) is 11.3. The minimum absolute atomic E-state index is 0.138. The molecule has 0 amide bonds. The van der Waals surface area contributed by atoms with Crippen molar-refractivity contribution in [1.29, 1.82) is 0 Å². The monoisotopic (exact) mass is 267 g/mol. The number of Topliss-reactive ketones (excluding diaryl/α,β-unsaturated/α-hetero) is 1. The molecule has 0 fully saturated rings. The Bertz CT molecular complexity index is 499. The van der Waals surface area contributed by atoms with Crippen molar-refractivity contribution in [3.8, 4) is 0 Å². The van der Waals surface area contributed by atoms with Gasteiger partial charge in [-0.25, -0.2) is 9.97 Å². The average molecular weight is 267 g/mol. The number of ketones is 1. The summed E-state index contributed by atoms with van der Waals surface area (Å²) < 4.78 is 22.2. The van der Waals surface area contributed by atoms with Crippen LogP contribution >= 0.6 is 0 Å². The summed E-state index contributed by atoms with van der Waals surface area (Å²) in [7, 11) is 1.46. The highest BCUT2D eigenvalue weighted by Crippen LogP contribution is 2.07. The van der Waals surface area contributed by atoms with Crippen molar-refractivity contribution in [3.05, 3.63) is 17.5 Å². The predicted octanol–water partition coefficient (Wildman–Crippen LogP) is 1.80. The number of rotatable bonds is 7. The number of nitrogens with one attached hydrogen (secondary N) is 1. The number of likely N-dealkylation sites (N-methyl/N-ethyl adjacent to an activating group) is 1. The van der Waals surface area contributed by atoms with Gasteiger partial charge in [-0.3, -0.25) is 9.69 Å². The van der Waals surface area contributed by atoms with Crippen LogP contribution in [-0.2, 0) is 4.79 Å². The second-order valence-electron chi connectivity index (χ2n) is 4.78. The molecule has 0 saturated heterocycles. The van der Waals surface area contributed by atoms with Gasteiger partial charge in [-0.05, 0) is 53.7 Å². The van der Waals surface area contributed by atoms with E-state index in [0.29, 0.717) is 25.3 Å². The first-order chi connectivity index (χ1) is 10.1. The fourth-order valence-corrected chi connectivity index (χ4v) is 1.97. The first-order valence-electron chi connectivity index (χ1n) is 7.91. The molecule has 0 saturated carbocycles. The van der Waals surface area contributed by atoms with E-state index >= 15 is 0 Å². The normalized spacial score (nSPS) is 15.5. The van der Waals surface area contributed by atoms with E-state index in [1.807, 2.05) is 19.9 Å². The number of aryl methyl sites for hydroxylation is 2. The van der Waals surface area contributed by atoms with Gasteiger partial charge in [0.15, 0.2) is 0 Å². The van der Waals surface area contributed by atoms with Gasteiger partial charge in [0.05, 0.1) is 6.04 Å². The molecule has 1 atom stereocenters. The number of hydrogen-bond acceptors (Lipinski definition) is 5. The van der Waals surface area contributed by atoms with Gasteiger partial charge in [0, 0.05) is 22.0 Å². The molecular formula is C14H24N4O. The second kappa shape index (κ2) is 7.19. The predicted molar refractivity (Wildman–Crippen MR) is 77.4 cm³/mol. The van der Waals surface area contributed by atoms with Crippen molar-refractivity contribution in [3.63, 3.8) is 0 Å². The molecule has 1 heterocycles. The molecule has 0 aromatic carbocycles. The lowest BCUT2D eigenvalue weighted by molar-refractivity contribution is -0.121. The maximum absolute atomic E-state index is 11.6. The van der Waals surface area contributed by atoms with E-state index in [1.165, 1.54) is 14.0 Å². The average Bonchev–Trinajstić information content (AvgIpc) is 2.35. The summed E-state index contributed by atoms with van der Waals surface area (Å²) in [5.41, 5.74) is 1.78. The van der Waals surface area contributed by atoms with Crippen LogP contribution in [0.2, 0.25) is 0 Å². The number of carbonyl (C=O) groups excluding carboxylic acids is 1. The van der Waals surface area contributed by atoms with Crippen LogP contribution in [-0.4, -0.2) is 47.3 Å². The summed E-state index contributed by atoms with van der Waals surface area (Å²) in [4.78, 5) is 21.3. The van der Waals surface area contributed by atoms with E-state index in [0.717, 1.165) is 16.3 Å². The molecule has 0 aliphatic carbocycles. The Kier molecular flexibility index (Phi) is 4.29. The Morgan fingerprint density at radius 2 is 2.11 bits per heavy atom. The van der Waals surface area contributed by atoms with E-state index in [1.54, 1.807) is 0 Å². The van der Waals surface area contributed by atoms with Crippen LogP contribution in [0.4, 0.5) is 5.95 Å². The second-order valence-corrected chi connectivity index (χ2v) is 4.78. The van der Waals surface area contributed by atoms with E-state index in [4.69, 9.17) is 4.11 Å². The maximum atomic E-state index is 11.6. The molecule has 0 radical (unpaired) electrons. The first-order valence-corrected chi connectivity index (χ1v) is 6.41. The molecule has 19 heavy (non-hydrogen) atoms. The van der Waals surface area contributed by atoms with Gasteiger partial charge in [0.1, 0.15) is 5.78 Å². The standard InChI is InChI=1S/C14H24N4O/c1-10-9-11(2)17-14(16-10)15-8-6-7-13(12(3)19)18(4)5/h9,13H,6-8H2,1-5H3,(H,15,16,17)/i4D3. The lowest BCUT2D eigenvalue weighted by Gasteiger charge is -2.21. The molecule has 0 bridgehead atoms. The Balaban J connectivity index is 2.52. The molecule has 1 aromatic heterocycles. The molecule has 1 unspecified atom stereocenters. The zero-order chi connectivity index (χ0) is 16.9. The topological polar surface area (TPSA) is 58.1 Å². The minimum atomic E-state index is -2.26. The Hall–Kier alpha value is -1.49. The van der Waals surface area contributed by atoms with Crippen molar-refractivity contribution < 1.29 is 8.91 Å². The highest BCUT2D eigenvalue weighted by atomic mass is 16.1. The molecule has 5 nitrogen and oxygen atoms in total. The number of hydrogen-bond donors (Lipinski definition) is 1. The van der Waals surface area contributed by atoms with Gasteiger partial charge >= 0.3 is 0 Å². The van der Waals surface area contributed by atoms with Crippen LogP contribution in [0.5, 0.6) is 0 Å². The number of nitrogens with zero attached hydrogens (tertiary/aromatic N) is 3. The van der Waals surface area contributed by atoms with Crippen LogP contribution in [0.25, 0.3) is 0 Å². The van der Waals surface area contributed by atoms with Gasteiger partial charge < -0.3 is 5.32 Å². The minimum Gasteiger partial charge on any atom is -0.354 e. The van der Waals surface area contributed by atoms with E-state index in [-0.39, 0.29) is 5.78 Å². The van der Waals surface area contributed by atoms with Crippen LogP contribution in [0, 0.1) is 13.8 Å². The Morgan fingerprint density at radius 1 is 1.47 bits per heavy atom. The summed E-state index contributed by atoms with van der Waals surface area (Å²) in [5, 5.41) is 3.11. The summed E-state index contributed by atoms with van der Waals surface area (Å²) >= 11 is 0. The van der Waals surface area contributed by atoms with Crippen LogP contribution < -0.4 is 5.32 Å². The fourth-order valence-electron chi connectivity index (χ4n) is 1.97. The molecule has 0 spiro atoms. The van der Waals surface area contributed by atoms with Gasteiger partial charge in [0.2, 0.25) is 5.95 Å². The number of anilines is 1. The van der Waals surface area contributed by atoms with Crippen LogP contribution in [0.15, 0.2) is 6.07 Å². The molecule has 1 aromatic rings. The van der Waals surface area contributed by atoms with Gasteiger partial charge in [-0.2, -0.15) is 0 Å². The highest BCUT2D eigenvalue weighted by molar-refractivity contribution is 5.81. The third-order valence-electron chi connectivity index (χ3n) is 2.86. The van der Waals surface area contributed by atoms with Crippen LogP contribution in [0.3, 0.4) is 0 Å². The summed E-state index contributed by atoms with van der Waals surface area (Å²) in [5.74, 6) is 0.419. The quantitative estimate of drug-likeness (QED) is 0.763. The van der Waals surface area contributed by atoms with Gasteiger partial charge in [-0.15, -0.1) is 0 Å². The third-order valence-corrected chi connectivity index (χ3v) is 2.86. The lowest BCUT2D eigenvalue weighted by atomic mass is 10.1.